The topological polar surface area (TPSA) is 0 Å². The van der Waals surface area contributed by atoms with Crippen molar-refractivity contribution in [2.75, 3.05) is 0 Å². The summed E-state index contributed by atoms with van der Waals surface area (Å²) in [6, 6.07) is 10.9. The maximum Gasteiger partial charge on any atom is 0.0164 e. The normalized spacial score (nSPS) is 27.8. The molecule has 1 aliphatic heterocycles. The van der Waals surface area contributed by atoms with Crippen LogP contribution < -0.4 is 5.30 Å². The van der Waals surface area contributed by atoms with Gasteiger partial charge in [0.05, 0.1) is 0 Å². The Morgan fingerprint density at radius 3 is 1.82 bits per heavy atom. The summed E-state index contributed by atoms with van der Waals surface area (Å²) in [6.45, 7) is 0. The van der Waals surface area contributed by atoms with Crippen molar-refractivity contribution in [1.82, 2.24) is 0 Å². The van der Waals surface area contributed by atoms with Gasteiger partial charge >= 0.3 is 0 Å². The van der Waals surface area contributed by atoms with E-state index in [0.717, 1.165) is 0 Å². The third kappa shape index (κ3) is 1.53. The van der Waals surface area contributed by atoms with Crippen LogP contribution in [0.5, 0.6) is 0 Å². The summed E-state index contributed by atoms with van der Waals surface area (Å²) >= 11 is 0. The molecule has 3 fully saturated rings. The van der Waals surface area contributed by atoms with E-state index in [1.807, 2.05) is 0 Å². The average Bonchev–Trinajstić information content (AvgIpc) is 3.01. The van der Waals surface area contributed by atoms with Crippen LogP contribution in [-0.4, -0.2) is 0 Å². The highest BCUT2D eigenvalue weighted by molar-refractivity contribution is 7.73. The molecular weight excluding hydrogens is 223 g/mol. The van der Waals surface area contributed by atoms with Crippen molar-refractivity contribution in [3.8, 4) is 0 Å². The van der Waals surface area contributed by atoms with E-state index in [9.17, 15) is 0 Å². The Labute approximate surface area is 106 Å². The fraction of sp³-hybridized carbons (Fsp3) is 0. The van der Waals surface area contributed by atoms with Gasteiger partial charge in [0.2, 0.25) is 0 Å². The molecular formula is C16H11P. The van der Waals surface area contributed by atoms with E-state index < -0.39 is 0 Å². The molecule has 0 amide bonds. The molecule has 1 saturated heterocycles. The molecule has 2 saturated carbocycles. The second-order valence-electron chi connectivity index (χ2n) is 4.32. The van der Waals surface area contributed by atoms with Crippen molar-refractivity contribution in [2.24, 2.45) is 0 Å². The largest absolute Gasteiger partial charge is 0.0622 e. The van der Waals surface area contributed by atoms with Crippen molar-refractivity contribution < 1.29 is 0 Å². The summed E-state index contributed by atoms with van der Waals surface area (Å²) in [5, 5.41) is 1.46. The predicted molar refractivity (Wildman–Crippen MR) is 71.8 cm³/mol. The molecule has 10 radical (unpaired) electrons. The van der Waals surface area contributed by atoms with Crippen LogP contribution >= 0.6 is 7.92 Å². The fourth-order valence-electron chi connectivity index (χ4n) is 2.65. The Morgan fingerprint density at radius 1 is 0.647 bits per heavy atom. The van der Waals surface area contributed by atoms with Crippen molar-refractivity contribution in [2.45, 2.75) is 0 Å². The van der Waals surface area contributed by atoms with Gasteiger partial charge in [-0.2, -0.15) is 0 Å². The monoisotopic (exact) mass is 234 g/mol. The number of benzene rings is 1. The first-order valence-corrected chi connectivity index (χ1v) is 7.16. The van der Waals surface area contributed by atoms with E-state index in [-0.39, 0.29) is 7.92 Å². The van der Waals surface area contributed by atoms with Gasteiger partial charge in [-0.3, -0.25) is 0 Å². The SMILES string of the molecule is [CH]1[CH][C]2[C]3[CH][CH][CH][C]3P(c3ccccc3)[C]2[CH]1. The van der Waals surface area contributed by atoms with Crippen LogP contribution in [0.2, 0.25) is 0 Å². The molecule has 17 heavy (non-hydrogen) atoms. The van der Waals surface area contributed by atoms with Crippen LogP contribution in [0, 0.1) is 61.7 Å². The van der Waals surface area contributed by atoms with Crippen molar-refractivity contribution in [1.29, 1.82) is 0 Å². The molecule has 1 heteroatoms. The standard InChI is InChI=1S/C16H11P/c1-2-6-12(7-3-1)17-15-10-4-8-13(15)14-9-5-11-16(14)17/h1-11H. The zero-order valence-electron chi connectivity index (χ0n) is 9.30. The molecule has 0 nitrogen and oxygen atoms in total. The van der Waals surface area contributed by atoms with Crippen LogP contribution in [0.25, 0.3) is 0 Å². The average molecular weight is 234 g/mol. The summed E-state index contributed by atoms with van der Waals surface area (Å²) in [4.78, 5) is 0. The third-order valence-corrected chi connectivity index (χ3v) is 5.93. The first-order chi connectivity index (χ1) is 8.45. The Morgan fingerprint density at radius 2 is 1.24 bits per heavy atom. The molecule has 3 aliphatic rings. The summed E-state index contributed by atoms with van der Waals surface area (Å²) in [7, 11) is -0.298. The molecule has 0 atom stereocenters. The van der Waals surface area contributed by atoms with Gasteiger partial charge in [0, 0.05) is 11.3 Å². The zero-order chi connectivity index (χ0) is 11.2. The Hall–Kier alpha value is -0.350. The van der Waals surface area contributed by atoms with E-state index in [2.05, 4.69) is 68.9 Å². The molecule has 0 bridgehead atoms. The summed E-state index contributed by atoms with van der Waals surface area (Å²) in [5.41, 5.74) is 3.05. The van der Waals surface area contributed by atoms with E-state index in [1.165, 1.54) is 28.5 Å². The molecule has 0 spiro atoms. The minimum Gasteiger partial charge on any atom is -0.0622 e. The smallest absolute Gasteiger partial charge is 0.0164 e. The summed E-state index contributed by atoms with van der Waals surface area (Å²) in [6.07, 6.45) is 13.4. The molecule has 0 aromatic heterocycles. The number of rotatable bonds is 1. The van der Waals surface area contributed by atoms with E-state index in [1.54, 1.807) is 0 Å². The molecule has 80 valence electrons. The summed E-state index contributed by atoms with van der Waals surface area (Å²) < 4.78 is 0. The zero-order valence-corrected chi connectivity index (χ0v) is 10.2. The lowest BCUT2D eigenvalue weighted by Crippen LogP contribution is -2.06. The Kier molecular flexibility index (Phi) is 2.54. The second kappa shape index (κ2) is 4.09. The van der Waals surface area contributed by atoms with Gasteiger partial charge in [-0.25, -0.2) is 0 Å². The van der Waals surface area contributed by atoms with Crippen LogP contribution in [0.4, 0.5) is 0 Å². The van der Waals surface area contributed by atoms with Crippen LogP contribution in [0.1, 0.15) is 0 Å². The predicted octanol–water partition coefficient (Wildman–Crippen LogP) is 3.27. The fourth-order valence-corrected chi connectivity index (χ4v) is 5.28. The van der Waals surface area contributed by atoms with E-state index in [0.29, 0.717) is 0 Å². The number of hydrogen-bond acceptors (Lipinski definition) is 0. The van der Waals surface area contributed by atoms with Gasteiger partial charge in [-0.05, 0) is 55.7 Å². The minimum atomic E-state index is -0.298. The number of fused-ring (bicyclic) bond motifs is 3. The van der Waals surface area contributed by atoms with E-state index in [4.69, 9.17) is 0 Å². The Balaban J connectivity index is 1.73. The lowest BCUT2D eigenvalue weighted by molar-refractivity contribution is 1.13. The maximum atomic E-state index is 2.29. The van der Waals surface area contributed by atoms with Crippen LogP contribution in [-0.2, 0) is 0 Å². The Bertz CT molecular complexity index is 379. The molecule has 4 rings (SSSR count). The lowest BCUT2D eigenvalue weighted by Gasteiger charge is -2.22. The van der Waals surface area contributed by atoms with Gasteiger partial charge in [-0.15, -0.1) is 0 Å². The van der Waals surface area contributed by atoms with Gasteiger partial charge in [0.1, 0.15) is 0 Å². The minimum absolute atomic E-state index is 0.298. The quantitative estimate of drug-likeness (QED) is 0.654. The molecule has 2 aliphatic carbocycles. The highest BCUT2D eigenvalue weighted by Crippen LogP contribution is 2.77. The van der Waals surface area contributed by atoms with Gasteiger partial charge in [0.15, 0.2) is 0 Å². The highest BCUT2D eigenvalue weighted by atomic mass is 31.1. The molecule has 1 aromatic rings. The maximum absolute atomic E-state index is 2.29. The summed E-state index contributed by atoms with van der Waals surface area (Å²) in [5.74, 6) is 2.89. The molecule has 1 aromatic carbocycles. The van der Waals surface area contributed by atoms with Crippen LogP contribution in [0.3, 0.4) is 0 Å². The molecule has 0 unspecified atom stereocenters. The van der Waals surface area contributed by atoms with Gasteiger partial charge < -0.3 is 0 Å². The first-order valence-electron chi connectivity index (χ1n) is 5.82. The van der Waals surface area contributed by atoms with Crippen molar-refractivity contribution in [3.05, 3.63) is 92.0 Å². The third-order valence-electron chi connectivity index (χ3n) is 3.37. The molecule has 0 N–H and O–H groups in total. The highest BCUT2D eigenvalue weighted by Gasteiger charge is 2.55. The van der Waals surface area contributed by atoms with Crippen molar-refractivity contribution >= 4 is 13.2 Å². The second-order valence-corrected chi connectivity index (χ2v) is 6.47. The van der Waals surface area contributed by atoms with Crippen molar-refractivity contribution in [3.63, 3.8) is 0 Å². The molecule has 1 heterocycles. The first kappa shape index (κ1) is 10.6. The number of hydrogen-bond donors (Lipinski definition) is 0. The van der Waals surface area contributed by atoms with Crippen LogP contribution in [0.15, 0.2) is 30.3 Å². The van der Waals surface area contributed by atoms with Gasteiger partial charge in [-0.1, -0.05) is 38.3 Å². The van der Waals surface area contributed by atoms with E-state index >= 15 is 0 Å². The lowest BCUT2D eigenvalue weighted by atomic mass is 9.90. The van der Waals surface area contributed by atoms with Gasteiger partial charge in [0.25, 0.3) is 0 Å².